The van der Waals surface area contributed by atoms with E-state index in [9.17, 15) is 0 Å². The fraction of sp³-hybridized carbons (Fsp3) is 0.556. The van der Waals surface area contributed by atoms with Crippen LogP contribution in [0.1, 0.15) is 32.0 Å². The molecule has 1 saturated carbocycles. The molecule has 0 radical (unpaired) electrons. The second-order valence-electron chi connectivity index (χ2n) is 4.04. The van der Waals surface area contributed by atoms with Gasteiger partial charge in [-0.2, -0.15) is 0 Å². The van der Waals surface area contributed by atoms with Gasteiger partial charge in [0.1, 0.15) is 5.82 Å². The minimum absolute atomic E-state index is 0.136. The summed E-state index contributed by atoms with van der Waals surface area (Å²) in [5.41, 5.74) is 0.358. The van der Waals surface area contributed by atoms with Gasteiger partial charge in [-0.3, -0.25) is 0 Å². The maximum Gasteiger partial charge on any atom is 0.152 e. The molecule has 2 rings (SSSR count). The topological polar surface area (TPSA) is 46.0 Å². The van der Waals surface area contributed by atoms with Gasteiger partial charge >= 0.3 is 0 Å². The zero-order chi connectivity index (χ0) is 8.77. The Balaban J connectivity index is 2.21. The Kier molecular flexibility index (Phi) is 1.37. The number of hydrogen-bond donors (Lipinski definition) is 1. The van der Waals surface area contributed by atoms with Gasteiger partial charge in [-0.1, -0.05) is 13.8 Å². The second-order valence-corrected chi connectivity index (χ2v) is 4.04. The first kappa shape index (κ1) is 7.53. The Morgan fingerprint density at radius 2 is 1.92 bits per heavy atom. The summed E-state index contributed by atoms with van der Waals surface area (Å²) in [7, 11) is 0. The molecule has 64 valence electrons. The minimum atomic E-state index is 0.136. The van der Waals surface area contributed by atoms with E-state index in [1.165, 1.54) is 12.4 Å². The number of aromatic hydroxyl groups is 1. The van der Waals surface area contributed by atoms with Crippen molar-refractivity contribution in [1.29, 1.82) is 0 Å². The molecule has 0 amide bonds. The van der Waals surface area contributed by atoms with Crippen molar-refractivity contribution in [3.8, 4) is 5.75 Å². The zero-order valence-corrected chi connectivity index (χ0v) is 7.28. The molecule has 1 fully saturated rings. The number of rotatable bonds is 1. The Morgan fingerprint density at radius 3 is 2.33 bits per heavy atom. The van der Waals surface area contributed by atoms with Gasteiger partial charge in [0.15, 0.2) is 5.75 Å². The summed E-state index contributed by atoms with van der Waals surface area (Å²) in [4.78, 5) is 8.15. The number of aromatic nitrogens is 2. The molecule has 1 aliphatic carbocycles. The molecule has 3 nitrogen and oxygen atoms in total. The summed E-state index contributed by atoms with van der Waals surface area (Å²) < 4.78 is 0. The Labute approximate surface area is 71.5 Å². The predicted octanol–water partition coefficient (Wildman–Crippen LogP) is 1.70. The summed E-state index contributed by atoms with van der Waals surface area (Å²) >= 11 is 0. The average molecular weight is 164 g/mol. The standard InChI is InChI=1S/C9H12N2O/c1-9(2)3-7(9)8-10-4-6(12)5-11-8/h4-5,7,12H,3H2,1-2H3. The first-order chi connectivity index (χ1) is 5.59. The van der Waals surface area contributed by atoms with E-state index >= 15 is 0 Å². The highest BCUT2D eigenvalue weighted by Gasteiger charge is 2.48. The molecular formula is C9H12N2O. The highest BCUT2D eigenvalue weighted by molar-refractivity contribution is 5.18. The highest BCUT2D eigenvalue weighted by atomic mass is 16.3. The molecule has 0 saturated heterocycles. The van der Waals surface area contributed by atoms with E-state index < -0.39 is 0 Å². The largest absolute Gasteiger partial charge is 0.505 e. The fourth-order valence-corrected chi connectivity index (χ4v) is 1.42. The summed E-state index contributed by atoms with van der Waals surface area (Å²) in [5, 5.41) is 8.96. The van der Waals surface area contributed by atoms with Crippen LogP contribution < -0.4 is 0 Å². The van der Waals surface area contributed by atoms with Gasteiger partial charge in [-0.25, -0.2) is 9.97 Å². The van der Waals surface area contributed by atoms with Gasteiger partial charge in [-0.15, -0.1) is 0 Å². The number of hydrogen-bond acceptors (Lipinski definition) is 3. The van der Waals surface area contributed by atoms with E-state index in [2.05, 4.69) is 23.8 Å². The Morgan fingerprint density at radius 1 is 1.42 bits per heavy atom. The van der Waals surface area contributed by atoms with Gasteiger partial charge in [0.25, 0.3) is 0 Å². The molecule has 0 aromatic carbocycles. The summed E-state index contributed by atoms with van der Waals surface area (Å²) in [6, 6.07) is 0. The van der Waals surface area contributed by atoms with Gasteiger partial charge < -0.3 is 5.11 Å². The van der Waals surface area contributed by atoms with Crippen molar-refractivity contribution in [3.05, 3.63) is 18.2 Å². The zero-order valence-electron chi connectivity index (χ0n) is 7.28. The van der Waals surface area contributed by atoms with E-state index in [0.717, 1.165) is 12.2 Å². The lowest BCUT2D eigenvalue weighted by atomic mass is 10.1. The molecule has 1 aromatic heterocycles. The van der Waals surface area contributed by atoms with Crippen LogP contribution in [0.15, 0.2) is 12.4 Å². The molecule has 1 N–H and O–H groups in total. The Bertz CT molecular complexity index is 292. The smallest absolute Gasteiger partial charge is 0.152 e. The molecule has 12 heavy (non-hydrogen) atoms. The van der Waals surface area contributed by atoms with Crippen LogP contribution >= 0.6 is 0 Å². The van der Waals surface area contributed by atoms with E-state index in [4.69, 9.17) is 5.11 Å². The second kappa shape index (κ2) is 2.19. The molecule has 1 heterocycles. The normalized spacial score (nSPS) is 25.3. The lowest BCUT2D eigenvalue weighted by Crippen LogP contribution is -1.95. The van der Waals surface area contributed by atoms with Crippen molar-refractivity contribution in [3.63, 3.8) is 0 Å². The van der Waals surface area contributed by atoms with Crippen LogP contribution in [-0.2, 0) is 0 Å². The van der Waals surface area contributed by atoms with Gasteiger partial charge in [0.2, 0.25) is 0 Å². The van der Waals surface area contributed by atoms with Crippen molar-refractivity contribution in [1.82, 2.24) is 9.97 Å². The fourth-order valence-electron chi connectivity index (χ4n) is 1.42. The molecule has 0 spiro atoms. The molecule has 1 atom stereocenters. The molecule has 1 unspecified atom stereocenters. The van der Waals surface area contributed by atoms with Crippen molar-refractivity contribution < 1.29 is 5.11 Å². The average Bonchev–Trinajstić information content (AvgIpc) is 2.61. The molecule has 1 aliphatic rings. The first-order valence-corrected chi connectivity index (χ1v) is 4.10. The van der Waals surface area contributed by atoms with Gasteiger partial charge in [0, 0.05) is 5.92 Å². The number of nitrogens with zero attached hydrogens (tertiary/aromatic N) is 2. The lowest BCUT2D eigenvalue weighted by Gasteiger charge is -2.00. The third kappa shape index (κ3) is 1.15. The monoisotopic (exact) mass is 164 g/mol. The molecule has 0 aliphatic heterocycles. The third-order valence-electron chi connectivity index (χ3n) is 2.48. The van der Waals surface area contributed by atoms with Crippen molar-refractivity contribution in [2.24, 2.45) is 5.41 Å². The summed E-state index contributed by atoms with van der Waals surface area (Å²) in [5.74, 6) is 1.48. The van der Waals surface area contributed by atoms with Crippen molar-refractivity contribution in [2.45, 2.75) is 26.2 Å². The van der Waals surface area contributed by atoms with E-state index in [1.54, 1.807) is 0 Å². The molecule has 1 aromatic rings. The van der Waals surface area contributed by atoms with E-state index in [1.807, 2.05) is 0 Å². The minimum Gasteiger partial charge on any atom is -0.505 e. The van der Waals surface area contributed by atoms with Crippen molar-refractivity contribution in [2.75, 3.05) is 0 Å². The van der Waals surface area contributed by atoms with Crippen LogP contribution in [0, 0.1) is 5.41 Å². The van der Waals surface area contributed by atoms with Crippen LogP contribution in [-0.4, -0.2) is 15.1 Å². The maximum atomic E-state index is 8.96. The van der Waals surface area contributed by atoms with Crippen LogP contribution in [0.3, 0.4) is 0 Å². The van der Waals surface area contributed by atoms with Gasteiger partial charge in [0.05, 0.1) is 12.4 Å². The van der Waals surface area contributed by atoms with Crippen LogP contribution in [0.25, 0.3) is 0 Å². The molecular weight excluding hydrogens is 152 g/mol. The quantitative estimate of drug-likeness (QED) is 0.687. The maximum absolute atomic E-state index is 8.96. The van der Waals surface area contributed by atoms with Gasteiger partial charge in [-0.05, 0) is 11.8 Å². The van der Waals surface area contributed by atoms with Crippen LogP contribution in [0.2, 0.25) is 0 Å². The summed E-state index contributed by atoms with van der Waals surface area (Å²) in [6.45, 7) is 4.40. The van der Waals surface area contributed by atoms with E-state index in [0.29, 0.717) is 11.3 Å². The SMILES string of the molecule is CC1(C)CC1c1ncc(O)cn1. The molecule has 3 heteroatoms. The van der Waals surface area contributed by atoms with Crippen LogP contribution in [0.5, 0.6) is 5.75 Å². The summed E-state index contributed by atoms with van der Waals surface area (Å²) in [6.07, 6.45) is 4.06. The van der Waals surface area contributed by atoms with Crippen molar-refractivity contribution >= 4 is 0 Å². The molecule has 0 bridgehead atoms. The van der Waals surface area contributed by atoms with Crippen LogP contribution in [0.4, 0.5) is 0 Å². The lowest BCUT2D eigenvalue weighted by molar-refractivity contribution is 0.467. The Hall–Kier alpha value is -1.12. The third-order valence-corrected chi connectivity index (χ3v) is 2.48. The first-order valence-electron chi connectivity index (χ1n) is 4.10. The predicted molar refractivity (Wildman–Crippen MR) is 44.8 cm³/mol. The highest BCUT2D eigenvalue weighted by Crippen LogP contribution is 2.57. The van der Waals surface area contributed by atoms with E-state index in [-0.39, 0.29) is 5.75 Å².